The number of carboxylic acid groups (broad SMARTS) is 1. The average molecular weight is 992 g/mol. The molecule has 7 rings (SSSR count). The van der Waals surface area contributed by atoms with E-state index < -0.39 is 58.9 Å². The first-order chi connectivity index (χ1) is 31.5. The number of hydrogen-bond acceptors (Lipinski definition) is 12. The highest BCUT2D eigenvalue weighted by Gasteiger charge is 2.48. The number of ether oxygens (including phenoxy) is 1. The predicted octanol–water partition coefficient (Wildman–Crippen LogP) is 7.01. The SMILES string of the molecule is O=C(NS(=O)(=O)c1ccc(NC(CCN2CCOCC2)CSc2ccccc2)c(S(=O)(=O)C(F)(F)F)c1)c1ccc(N2CCN(CC3=C(c4ccc(Cl)cc4)CCN(C(=O)O)C3)CC2)cc1. The van der Waals surface area contributed by atoms with E-state index in [0.717, 1.165) is 39.4 Å². The van der Waals surface area contributed by atoms with Gasteiger partial charge in [-0.25, -0.2) is 26.4 Å². The Hall–Kier alpha value is -4.83. The maximum Gasteiger partial charge on any atom is 0.501 e. The van der Waals surface area contributed by atoms with Gasteiger partial charge in [-0.05, 0) is 96.3 Å². The van der Waals surface area contributed by atoms with Crippen LogP contribution >= 0.6 is 23.4 Å². The number of morpholine rings is 1. The summed E-state index contributed by atoms with van der Waals surface area (Å²) in [4.78, 5) is 31.8. The van der Waals surface area contributed by atoms with Crippen LogP contribution in [0.25, 0.3) is 5.57 Å². The lowest BCUT2D eigenvalue weighted by Gasteiger charge is -2.38. The first kappa shape index (κ1) is 49.1. The average Bonchev–Trinajstić information content (AvgIpc) is 3.30. The van der Waals surface area contributed by atoms with Gasteiger partial charge in [0, 0.05) is 98.4 Å². The van der Waals surface area contributed by atoms with Gasteiger partial charge in [0.15, 0.2) is 0 Å². The number of carbonyl (C=O) groups excluding carboxylic acids is 1. The zero-order valence-corrected chi connectivity index (χ0v) is 39.0. The zero-order chi connectivity index (χ0) is 47.1. The van der Waals surface area contributed by atoms with Crippen LogP contribution in [-0.4, -0.2) is 145 Å². The normalized spacial score (nSPS) is 17.4. The van der Waals surface area contributed by atoms with Gasteiger partial charge in [-0.2, -0.15) is 13.2 Å². The van der Waals surface area contributed by atoms with Crippen LogP contribution in [0, 0.1) is 0 Å². The number of halogens is 4. The van der Waals surface area contributed by atoms with E-state index in [1.165, 1.54) is 28.8 Å². The molecule has 3 N–H and O–H groups in total. The molecule has 0 aliphatic carbocycles. The van der Waals surface area contributed by atoms with E-state index in [2.05, 4.69) is 20.0 Å². The summed E-state index contributed by atoms with van der Waals surface area (Å²) in [5, 5.41) is 13.3. The summed E-state index contributed by atoms with van der Waals surface area (Å²) < 4.78 is 103. The van der Waals surface area contributed by atoms with E-state index in [1.807, 2.05) is 59.3 Å². The highest BCUT2D eigenvalue weighted by atomic mass is 35.5. The zero-order valence-electron chi connectivity index (χ0n) is 35.8. The van der Waals surface area contributed by atoms with E-state index in [-0.39, 0.29) is 5.56 Å². The number of thioether (sulfide) groups is 1. The van der Waals surface area contributed by atoms with Crippen LogP contribution in [0.4, 0.5) is 29.3 Å². The van der Waals surface area contributed by atoms with Gasteiger partial charge in [0.05, 0.1) is 23.8 Å². The van der Waals surface area contributed by atoms with Gasteiger partial charge >= 0.3 is 11.6 Å². The summed E-state index contributed by atoms with van der Waals surface area (Å²) >= 11 is 7.56. The molecule has 0 spiro atoms. The Balaban J connectivity index is 1.02. The highest BCUT2D eigenvalue weighted by molar-refractivity contribution is 7.99. The Morgan fingerprint density at radius 1 is 0.833 bits per heavy atom. The minimum absolute atomic E-state index is 0.0524. The van der Waals surface area contributed by atoms with Gasteiger partial charge in [-0.1, -0.05) is 41.9 Å². The van der Waals surface area contributed by atoms with Crippen LogP contribution in [-0.2, 0) is 24.6 Å². The first-order valence-corrected chi connectivity index (χ1v) is 25.6. The second-order valence-corrected chi connectivity index (χ2v) is 21.2. The number of alkyl halides is 3. The molecule has 0 aromatic heterocycles. The molecular weight excluding hydrogens is 941 g/mol. The number of rotatable bonds is 16. The van der Waals surface area contributed by atoms with Crippen molar-refractivity contribution >= 4 is 72.2 Å². The van der Waals surface area contributed by atoms with Crippen molar-refractivity contribution in [3.05, 3.63) is 119 Å². The number of sulfonamides is 1. The standard InChI is InChI=1S/C45H50ClF3N6O8S3/c46-35-10-6-32(7-11-35)40-17-19-55(44(57)58)30-34(40)29-53-20-22-54(23-21-53)37-12-8-33(9-13-37)43(56)51-66(61,62)39-14-15-41(42(28-39)65(59,60)45(47,48)49)50-36(16-18-52-24-26-63-27-25-52)31-64-38-4-2-1-3-5-38/h1-15,28,36,50H,16-27,29-31H2,(H,51,56)(H,57,58). The topological polar surface area (TPSA) is 169 Å². The van der Waals surface area contributed by atoms with Crippen LogP contribution in [0.2, 0.25) is 5.02 Å². The minimum atomic E-state index is -6.08. The van der Waals surface area contributed by atoms with Crippen molar-refractivity contribution in [2.24, 2.45) is 0 Å². The molecule has 66 heavy (non-hydrogen) atoms. The van der Waals surface area contributed by atoms with Gasteiger partial charge in [0.25, 0.3) is 25.8 Å². The smallest absolute Gasteiger partial charge is 0.465 e. The third-order valence-electron chi connectivity index (χ3n) is 11.7. The molecule has 3 heterocycles. The van der Waals surface area contributed by atoms with Crippen LogP contribution < -0.4 is 14.9 Å². The molecule has 354 valence electrons. The van der Waals surface area contributed by atoms with E-state index >= 15 is 0 Å². The minimum Gasteiger partial charge on any atom is -0.465 e. The molecule has 0 radical (unpaired) electrons. The quantitative estimate of drug-likeness (QED) is 0.0983. The van der Waals surface area contributed by atoms with Crippen LogP contribution in [0.1, 0.15) is 28.8 Å². The Kier molecular flexibility index (Phi) is 15.9. The van der Waals surface area contributed by atoms with Crippen molar-refractivity contribution < 1.29 is 49.4 Å². The number of anilines is 2. The highest BCUT2D eigenvalue weighted by Crippen LogP contribution is 2.37. The largest absolute Gasteiger partial charge is 0.501 e. The van der Waals surface area contributed by atoms with Crippen LogP contribution in [0.3, 0.4) is 0 Å². The fourth-order valence-corrected chi connectivity index (χ4v) is 11.2. The number of nitrogens with one attached hydrogen (secondary N) is 2. The molecule has 1 atom stereocenters. The lowest BCUT2D eigenvalue weighted by atomic mass is 9.93. The first-order valence-electron chi connectivity index (χ1n) is 21.3. The molecule has 4 aromatic carbocycles. The van der Waals surface area contributed by atoms with Crippen molar-refractivity contribution in [2.75, 3.05) is 94.6 Å². The van der Waals surface area contributed by atoms with E-state index in [9.17, 15) is 44.7 Å². The van der Waals surface area contributed by atoms with Gasteiger partial charge in [-0.3, -0.25) is 14.6 Å². The summed E-state index contributed by atoms with van der Waals surface area (Å²) in [6.07, 6.45) is 0.0428. The maximum atomic E-state index is 14.2. The molecule has 2 fully saturated rings. The fourth-order valence-electron chi connectivity index (χ4n) is 8.06. The van der Waals surface area contributed by atoms with Gasteiger partial charge in [0.1, 0.15) is 4.90 Å². The van der Waals surface area contributed by atoms with Gasteiger partial charge in [-0.15, -0.1) is 11.8 Å². The molecule has 2 amide bonds. The molecule has 1 unspecified atom stereocenters. The second-order valence-electron chi connectivity index (χ2n) is 16.1. The summed E-state index contributed by atoms with van der Waals surface area (Å²) in [6, 6.07) is 24.8. The van der Waals surface area contributed by atoms with Crippen molar-refractivity contribution in [1.29, 1.82) is 0 Å². The molecule has 3 aliphatic rings. The van der Waals surface area contributed by atoms with E-state index in [1.54, 1.807) is 12.1 Å². The maximum absolute atomic E-state index is 14.2. The lowest BCUT2D eigenvalue weighted by Crippen LogP contribution is -2.48. The van der Waals surface area contributed by atoms with Gasteiger partial charge < -0.3 is 25.0 Å². The molecule has 0 saturated carbocycles. The van der Waals surface area contributed by atoms with Gasteiger partial charge in [0.2, 0.25) is 0 Å². The summed E-state index contributed by atoms with van der Waals surface area (Å²) in [7, 11) is -11.0. The third-order valence-corrected chi connectivity index (χ3v) is 16.0. The van der Waals surface area contributed by atoms with E-state index in [0.29, 0.717) is 108 Å². The van der Waals surface area contributed by atoms with Crippen molar-refractivity contribution in [3.8, 4) is 0 Å². The monoisotopic (exact) mass is 990 g/mol. The Morgan fingerprint density at radius 2 is 1.52 bits per heavy atom. The number of amides is 2. The summed E-state index contributed by atoms with van der Waals surface area (Å²) in [5.74, 6) is -0.715. The number of piperazine rings is 1. The molecule has 2 saturated heterocycles. The van der Waals surface area contributed by atoms with Crippen molar-refractivity contribution in [1.82, 2.24) is 19.4 Å². The fraction of sp³-hybridized carbons (Fsp3) is 0.378. The number of sulfone groups is 1. The number of benzene rings is 4. The Bertz CT molecular complexity index is 2600. The molecule has 3 aliphatic heterocycles. The summed E-state index contributed by atoms with van der Waals surface area (Å²) in [5.41, 5.74) is -2.33. The second kappa shape index (κ2) is 21.4. The van der Waals surface area contributed by atoms with Crippen molar-refractivity contribution in [3.63, 3.8) is 0 Å². The molecule has 14 nitrogen and oxygen atoms in total. The Morgan fingerprint density at radius 3 is 2.17 bits per heavy atom. The molecular formula is C45H50ClF3N6O8S3. The Labute approximate surface area is 391 Å². The van der Waals surface area contributed by atoms with Crippen LogP contribution in [0.15, 0.2) is 117 Å². The third kappa shape index (κ3) is 12.4. The lowest BCUT2D eigenvalue weighted by molar-refractivity contribution is -0.0436. The number of hydrogen-bond donors (Lipinski definition) is 3. The number of carbonyl (C=O) groups is 2. The molecule has 4 aromatic rings. The predicted molar refractivity (Wildman–Crippen MR) is 248 cm³/mol. The number of nitrogens with zero attached hydrogens (tertiary/aromatic N) is 4. The molecule has 21 heteroatoms. The molecule has 0 bridgehead atoms. The van der Waals surface area contributed by atoms with Crippen LogP contribution in [0.5, 0.6) is 0 Å². The van der Waals surface area contributed by atoms with E-state index in [4.69, 9.17) is 16.3 Å². The summed E-state index contributed by atoms with van der Waals surface area (Å²) in [6.45, 7) is 6.77. The van der Waals surface area contributed by atoms with Crippen molar-refractivity contribution in [2.45, 2.75) is 39.1 Å².